The molecule has 4 heterocycles. The Labute approximate surface area is 168 Å². The maximum Gasteiger partial charge on any atom is 0.332 e. The summed E-state index contributed by atoms with van der Waals surface area (Å²) in [5.41, 5.74) is 0.190. The normalized spacial score (nSPS) is 33.5. The number of hydrogen-bond donors (Lipinski definition) is 3. The van der Waals surface area contributed by atoms with Crippen LogP contribution in [0.3, 0.4) is 0 Å². The van der Waals surface area contributed by atoms with Crippen LogP contribution in [0.25, 0.3) is 0 Å². The number of amides is 2. The molecular formula is C17H19N3O6S2. The molecule has 3 saturated heterocycles. The fourth-order valence-corrected chi connectivity index (χ4v) is 5.58. The van der Waals surface area contributed by atoms with Gasteiger partial charge in [-0.2, -0.15) is 0 Å². The van der Waals surface area contributed by atoms with Crippen LogP contribution in [0.15, 0.2) is 22.5 Å². The van der Waals surface area contributed by atoms with Gasteiger partial charge in [0.15, 0.2) is 6.04 Å². The highest BCUT2D eigenvalue weighted by molar-refractivity contribution is 8.00. The van der Waals surface area contributed by atoms with Crippen LogP contribution in [-0.4, -0.2) is 74.3 Å². The number of aliphatic imine (C=N–C) groups is 1. The zero-order valence-electron chi connectivity index (χ0n) is 14.7. The smallest absolute Gasteiger partial charge is 0.332 e. The van der Waals surface area contributed by atoms with Gasteiger partial charge in [0.25, 0.3) is 5.91 Å². The second-order valence-corrected chi connectivity index (χ2v) is 8.92. The van der Waals surface area contributed by atoms with Crippen LogP contribution in [0.4, 0.5) is 0 Å². The Morgan fingerprint density at radius 1 is 1.46 bits per heavy atom. The molecule has 2 unspecified atom stereocenters. The summed E-state index contributed by atoms with van der Waals surface area (Å²) in [5, 5.41) is 24.1. The highest BCUT2D eigenvalue weighted by Crippen LogP contribution is 2.38. The highest BCUT2D eigenvalue weighted by Gasteiger charge is 2.57. The van der Waals surface area contributed by atoms with Crippen LogP contribution in [0.1, 0.15) is 17.7 Å². The molecule has 3 N–H and O–H groups in total. The van der Waals surface area contributed by atoms with Crippen molar-refractivity contribution in [2.45, 2.75) is 42.6 Å². The fraction of sp³-hybridized carbons (Fsp3) is 0.529. The van der Waals surface area contributed by atoms with Crippen molar-refractivity contribution in [2.75, 3.05) is 12.4 Å². The number of carbonyl (C=O) groups is 3. The molecule has 2 amide bonds. The third-order valence-electron chi connectivity index (χ3n) is 4.84. The Morgan fingerprint density at radius 3 is 2.93 bits per heavy atom. The molecule has 0 bridgehead atoms. The van der Waals surface area contributed by atoms with Crippen molar-refractivity contribution in [3.8, 4) is 0 Å². The Hall–Kier alpha value is -1.95. The molecule has 1 aromatic heterocycles. The molecule has 0 aliphatic carbocycles. The van der Waals surface area contributed by atoms with Crippen LogP contribution in [0, 0.1) is 0 Å². The first-order valence-electron chi connectivity index (χ1n) is 8.81. The minimum atomic E-state index is -1.72. The lowest BCUT2D eigenvalue weighted by Crippen LogP contribution is -2.76. The van der Waals surface area contributed by atoms with Gasteiger partial charge in [-0.1, -0.05) is 6.07 Å². The number of aliphatic hydroxyl groups is 1. The van der Waals surface area contributed by atoms with E-state index in [4.69, 9.17) is 4.74 Å². The van der Waals surface area contributed by atoms with Crippen LogP contribution in [0.5, 0.6) is 0 Å². The van der Waals surface area contributed by atoms with E-state index in [0.717, 1.165) is 4.88 Å². The molecule has 0 aromatic carbocycles. The van der Waals surface area contributed by atoms with E-state index in [0.29, 0.717) is 13.0 Å². The third kappa shape index (κ3) is 3.54. The summed E-state index contributed by atoms with van der Waals surface area (Å²) in [5.74, 6) is -3.45. The van der Waals surface area contributed by atoms with E-state index in [9.17, 15) is 24.6 Å². The summed E-state index contributed by atoms with van der Waals surface area (Å²) in [7, 11) is 0. The van der Waals surface area contributed by atoms with Crippen LogP contribution in [0.2, 0.25) is 0 Å². The molecule has 0 spiro atoms. The molecule has 0 saturated carbocycles. The van der Waals surface area contributed by atoms with Gasteiger partial charge in [-0.15, -0.1) is 23.1 Å². The minimum Gasteiger partial charge on any atom is -0.479 e. The topological polar surface area (TPSA) is 129 Å². The number of carboxylic acids is 1. The molecule has 9 nitrogen and oxygen atoms in total. The van der Waals surface area contributed by atoms with Crippen LogP contribution in [-0.2, 0) is 25.5 Å². The van der Waals surface area contributed by atoms with E-state index in [-0.39, 0.29) is 30.2 Å². The van der Waals surface area contributed by atoms with E-state index in [1.165, 1.54) is 28.0 Å². The average Bonchev–Trinajstić information content (AvgIpc) is 3.31. The highest BCUT2D eigenvalue weighted by atomic mass is 32.2. The van der Waals surface area contributed by atoms with E-state index in [1.807, 2.05) is 17.5 Å². The van der Waals surface area contributed by atoms with Crippen molar-refractivity contribution in [2.24, 2.45) is 4.99 Å². The summed E-state index contributed by atoms with van der Waals surface area (Å²) in [4.78, 5) is 42.9. The Kier molecular flexibility index (Phi) is 5.17. The van der Waals surface area contributed by atoms with Gasteiger partial charge >= 0.3 is 5.97 Å². The van der Waals surface area contributed by atoms with Crippen LogP contribution >= 0.6 is 23.1 Å². The zero-order valence-corrected chi connectivity index (χ0v) is 16.4. The van der Waals surface area contributed by atoms with Crippen molar-refractivity contribution in [1.82, 2.24) is 10.2 Å². The molecule has 3 aliphatic heterocycles. The van der Waals surface area contributed by atoms with E-state index < -0.39 is 35.2 Å². The molecule has 4 rings (SSSR count). The summed E-state index contributed by atoms with van der Waals surface area (Å²) < 4.78 is 5.21. The summed E-state index contributed by atoms with van der Waals surface area (Å²) in [6, 6.07) is 1.66. The van der Waals surface area contributed by atoms with Gasteiger partial charge in [-0.05, 0) is 17.9 Å². The molecule has 11 heteroatoms. The quantitative estimate of drug-likeness (QED) is 0.568. The first kappa shape index (κ1) is 19.4. The Bertz CT molecular complexity index is 821. The lowest BCUT2D eigenvalue weighted by molar-refractivity contribution is -0.165. The molecule has 150 valence electrons. The number of carboxylic acid groups (broad SMARTS) is 1. The number of ether oxygens (including phenoxy) is 1. The monoisotopic (exact) mass is 425 g/mol. The predicted molar refractivity (Wildman–Crippen MR) is 102 cm³/mol. The van der Waals surface area contributed by atoms with E-state index >= 15 is 0 Å². The van der Waals surface area contributed by atoms with Crippen molar-refractivity contribution in [3.63, 3.8) is 0 Å². The van der Waals surface area contributed by atoms with E-state index in [2.05, 4.69) is 10.3 Å². The first-order chi connectivity index (χ1) is 13.4. The lowest BCUT2D eigenvalue weighted by atomic mass is 9.99. The van der Waals surface area contributed by atoms with Gasteiger partial charge in [-0.25, -0.2) is 9.79 Å². The summed E-state index contributed by atoms with van der Waals surface area (Å²) >= 11 is 2.77. The molecule has 3 aliphatic rings. The molecule has 3 fully saturated rings. The number of nitrogens with zero attached hydrogens (tertiary/aromatic N) is 2. The van der Waals surface area contributed by atoms with Crippen LogP contribution < -0.4 is 5.32 Å². The number of fused-ring (bicyclic) bond motifs is 1. The molecule has 28 heavy (non-hydrogen) atoms. The van der Waals surface area contributed by atoms with Crippen molar-refractivity contribution in [1.29, 1.82) is 0 Å². The number of carbonyl (C=O) groups excluding carboxylic acids is 2. The van der Waals surface area contributed by atoms with Crippen molar-refractivity contribution >= 4 is 46.6 Å². The first-order valence-corrected chi connectivity index (χ1v) is 10.7. The number of rotatable bonds is 5. The van der Waals surface area contributed by atoms with Gasteiger partial charge in [0.05, 0.1) is 18.7 Å². The van der Waals surface area contributed by atoms with E-state index in [1.54, 1.807) is 0 Å². The number of thioether (sulfide) groups is 1. The van der Waals surface area contributed by atoms with Gasteiger partial charge in [0.1, 0.15) is 11.4 Å². The Morgan fingerprint density at radius 2 is 2.29 bits per heavy atom. The Balaban J connectivity index is 1.47. The lowest BCUT2D eigenvalue weighted by Gasteiger charge is -2.52. The molecule has 4 atom stereocenters. The SMILES string of the molecule is O=C(Cc1cccs1)N[C@@H]1C(=O)N2C(C(=O)O)C(=NC3(O)CCCO3)CS[C@@H]12. The number of thiophene rings is 1. The summed E-state index contributed by atoms with van der Waals surface area (Å²) in [6.45, 7) is 0.349. The number of β-lactam (4-membered cyclic amide) rings is 1. The second kappa shape index (κ2) is 7.47. The number of nitrogens with one attached hydrogen (secondary N) is 1. The van der Waals surface area contributed by atoms with Gasteiger partial charge in [0, 0.05) is 17.1 Å². The van der Waals surface area contributed by atoms with Gasteiger partial charge in [-0.3, -0.25) is 9.59 Å². The molecular weight excluding hydrogens is 406 g/mol. The zero-order chi connectivity index (χ0) is 19.9. The molecule has 1 aromatic rings. The molecule has 0 radical (unpaired) electrons. The summed E-state index contributed by atoms with van der Waals surface area (Å²) in [6.07, 6.45) is 1.09. The maximum atomic E-state index is 12.6. The average molecular weight is 425 g/mol. The number of aliphatic carboxylic acids is 1. The minimum absolute atomic E-state index is 0.179. The van der Waals surface area contributed by atoms with Gasteiger partial charge < -0.3 is 25.2 Å². The standard InChI is InChI=1S/C17H19N3O6S2/c21-11(7-9-3-1-6-27-9)18-12-14(22)20-13(16(23)24)10(8-28-15(12)20)19-17(25)4-2-5-26-17/h1,3,6,12-13,15,25H,2,4-5,7-8H2,(H,18,21)(H,23,24)/t12-,13?,15+,17?/m1/s1. The maximum absolute atomic E-state index is 12.6. The fourth-order valence-electron chi connectivity index (χ4n) is 3.55. The van der Waals surface area contributed by atoms with Crippen molar-refractivity contribution < 1.29 is 29.3 Å². The second-order valence-electron chi connectivity index (χ2n) is 6.79. The number of hydrogen-bond acceptors (Lipinski definition) is 8. The third-order valence-corrected chi connectivity index (χ3v) is 7.02. The largest absolute Gasteiger partial charge is 0.479 e. The predicted octanol–water partition coefficient (Wildman–Crippen LogP) is 0.0412. The van der Waals surface area contributed by atoms with Crippen molar-refractivity contribution in [3.05, 3.63) is 22.4 Å². The van der Waals surface area contributed by atoms with Gasteiger partial charge in [0.2, 0.25) is 11.8 Å².